The molecule has 0 bridgehead atoms. The smallest absolute Gasteiger partial charge is 0.166 e. The monoisotopic (exact) mass is 288 g/mol. The number of aromatic nitrogens is 3. The van der Waals surface area contributed by atoms with E-state index in [4.69, 9.17) is 5.73 Å². The summed E-state index contributed by atoms with van der Waals surface area (Å²) in [5.74, 6) is 1.93. The minimum atomic E-state index is 0.455. The molecule has 2 aromatic heterocycles. The highest BCUT2D eigenvalue weighted by Gasteiger charge is 2.14. The minimum Gasteiger partial charge on any atom is -0.384 e. The van der Waals surface area contributed by atoms with Crippen molar-refractivity contribution < 1.29 is 0 Å². The molecule has 1 unspecified atom stereocenters. The highest BCUT2D eigenvalue weighted by molar-refractivity contribution is 5.87. The Morgan fingerprint density at radius 3 is 2.67 bits per heavy atom. The zero-order valence-corrected chi connectivity index (χ0v) is 13.2. The molecule has 0 amide bonds. The first kappa shape index (κ1) is 15.4. The largest absolute Gasteiger partial charge is 0.384 e. The lowest BCUT2D eigenvalue weighted by molar-refractivity contribution is 0.266. The number of fused-ring (bicyclic) bond motifs is 1. The number of pyridine rings is 1. The van der Waals surface area contributed by atoms with Crippen molar-refractivity contribution >= 4 is 22.7 Å². The maximum Gasteiger partial charge on any atom is 0.166 e. The first-order valence-corrected chi connectivity index (χ1v) is 7.25. The Balaban J connectivity index is 2.15. The van der Waals surface area contributed by atoms with E-state index in [2.05, 4.69) is 53.1 Å². The van der Waals surface area contributed by atoms with Crippen LogP contribution in [0.5, 0.6) is 0 Å². The molecule has 0 aliphatic carbocycles. The molecule has 0 saturated heterocycles. The molecule has 21 heavy (non-hydrogen) atoms. The van der Waals surface area contributed by atoms with Crippen LogP contribution in [0.3, 0.4) is 0 Å². The third-order valence-electron chi connectivity index (χ3n) is 3.50. The van der Waals surface area contributed by atoms with Crippen molar-refractivity contribution in [3.63, 3.8) is 0 Å². The van der Waals surface area contributed by atoms with Crippen LogP contribution in [0, 0.1) is 5.92 Å². The molecule has 2 aromatic rings. The molecule has 0 radical (unpaired) electrons. The fraction of sp³-hybridized carbons (Fsp3) is 0.533. The normalized spacial score (nSPS) is 13.0. The molecule has 0 saturated carbocycles. The Hall–Kier alpha value is -1.95. The van der Waals surface area contributed by atoms with Crippen molar-refractivity contribution in [3.8, 4) is 0 Å². The van der Waals surface area contributed by atoms with Crippen LogP contribution >= 0.6 is 0 Å². The average molecular weight is 288 g/mol. The maximum absolute atomic E-state index is 5.69. The van der Waals surface area contributed by atoms with E-state index in [1.807, 2.05) is 6.07 Å². The highest BCUT2D eigenvalue weighted by atomic mass is 15.1. The topological polar surface area (TPSA) is 80.0 Å². The number of hydrogen-bond donors (Lipinski definition) is 2. The summed E-state index contributed by atoms with van der Waals surface area (Å²) in [6.07, 6.45) is 2.65. The van der Waals surface area contributed by atoms with Crippen LogP contribution in [0.1, 0.15) is 20.3 Å². The second-order valence-electron chi connectivity index (χ2n) is 5.96. The lowest BCUT2D eigenvalue weighted by atomic mass is 10.0. The van der Waals surface area contributed by atoms with E-state index < -0.39 is 0 Å². The van der Waals surface area contributed by atoms with Crippen molar-refractivity contribution in [1.29, 1.82) is 0 Å². The van der Waals surface area contributed by atoms with Gasteiger partial charge in [0, 0.05) is 12.6 Å². The van der Waals surface area contributed by atoms with Crippen LogP contribution in [0.15, 0.2) is 18.5 Å². The maximum atomic E-state index is 5.69. The number of hydrogen-bond acceptors (Lipinski definition) is 6. The number of nitrogens with one attached hydrogen (secondary N) is 1. The van der Waals surface area contributed by atoms with Gasteiger partial charge in [0.2, 0.25) is 0 Å². The summed E-state index contributed by atoms with van der Waals surface area (Å²) < 4.78 is 0. The molecular weight excluding hydrogens is 264 g/mol. The van der Waals surface area contributed by atoms with Gasteiger partial charge in [-0.25, -0.2) is 15.0 Å². The number of rotatable bonds is 6. The highest BCUT2D eigenvalue weighted by Crippen LogP contribution is 2.19. The first-order valence-electron chi connectivity index (χ1n) is 7.25. The molecule has 0 spiro atoms. The van der Waals surface area contributed by atoms with Crippen LogP contribution in [0.4, 0.5) is 11.6 Å². The van der Waals surface area contributed by atoms with E-state index in [9.17, 15) is 0 Å². The summed E-state index contributed by atoms with van der Waals surface area (Å²) in [4.78, 5) is 15.0. The molecule has 6 heteroatoms. The van der Waals surface area contributed by atoms with E-state index >= 15 is 0 Å². The summed E-state index contributed by atoms with van der Waals surface area (Å²) in [6.45, 7) is 5.31. The Bertz CT molecular complexity index is 596. The number of nitrogens with two attached hydrogens (primary N) is 1. The van der Waals surface area contributed by atoms with Gasteiger partial charge in [-0.05, 0) is 38.6 Å². The predicted octanol–water partition coefficient (Wildman–Crippen LogP) is 2.00. The average Bonchev–Trinajstić information content (AvgIpc) is 2.42. The fourth-order valence-electron chi connectivity index (χ4n) is 2.33. The van der Waals surface area contributed by atoms with Crippen molar-refractivity contribution in [1.82, 2.24) is 19.9 Å². The van der Waals surface area contributed by atoms with Crippen molar-refractivity contribution in [3.05, 3.63) is 18.5 Å². The van der Waals surface area contributed by atoms with Gasteiger partial charge in [-0.3, -0.25) is 0 Å². The lowest BCUT2D eigenvalue weighted by Crippen LogP contribution is -2.35. The van der Waals surface area contributed by atoms with E-state index in [-0.39, 0.29) is 0 Å². The molecule has 0 aliphatic heterocycles. The molecule has 3 N–H and O–H groups in total. The van der Waals surface area contributed by atoms with Crippen molar-refractivity contribution in [2.24, 2.45) is 5.92 Å². The van der Waals surface area contributed by atoms with Crippen LogP contribution in [-0.2, 0) is 0 Å². The lowest BCUT2D eigenvalue weighted by Gasteiger charge is -2.26. The van der Waals surface area contributed by atoms with Gasteiger partial charge in [-0.15, -0.1) is 0 Å². The number of likely N-dealkylation sites (N-methyl/N-ethyl adjacent to an activating group) is 1. The zero-order chi connectivity index (χ0) is 15.4. The predicted molar refractivity (Wildman–Crippen MR) is 87.2 cm³/mol. The molecule has 0 fully saturated rings. The summed E-state index contributed by atoms with van der Waals surface area (Å²) >= 11 is 0. The van der Waals surface area contributed by atoms with Gasteiger partial charge in [0.15, 0.2) is 5.65 Å². The zero-order valence-electron chi connectivity index (χ0n) is 13.2. The van der Waals surface area contributed by atoms with Gasteiger partial charge >= 0.3 is 0 Å². The van der Waals surface area contributed by atoms with Crippen molar-refractivity contribution in [2.75, 3.05) is 31.7 Å². The molecule has 6 nitrogen and oxygen atoms in total. The van der Waals surface area contributed by atoms with Crippen LogP contribution < -0.4 is 11.1 Å². The van der Waals surface area contributed by atoms with Crippen molar-refractivity contribution in [2.45, 2.75) is 26.3 Å². The SMILES string of the molecule is CC(C)CC(CNc1ncnc2nc(N)ccc12)N(C)C. The Morgan fingerprint density at radius 1 is 1.24 bits per heavy atom. The standard InChI is InChI=1S/C15H24N6/c1-10(2)7-11(21(3)4)8-17-14-12-5-6-13(16)20-15(12)19-9-18-14/h5-6,9-11H,7-8H2,1-4H3,(H3,16,17,18,19,20). The van der Waals surface area contributed by atoms with Gasteiger partial charge in [-0.2, -0.15) is 0 Å². The first-order chi connectivity index (χ1) is 9.97. The molecular formula is C15H24N6. The van der Waals surface area contributed by atoms with Gasteiger partial charge in [0.05, 0.1) is 5.39 Å². The Morgan fingerprint density at radius 2 is 2.00 bits per heavy atom. The second-order valence-corrected chi connectivity index (χ2v) is 5.96. The van der Waals surface area contributed by atoms with E-state index in [1.165, 1.54) is 6.33 Å². The Kier molecular flexibility index (Phi) is 4.90. The van der Waals surface area contributed by atoms with E-state index in [0.717, 1.165) is 24.2 Å². The number of nitrogen functional groups attached to an aromatic ring is 1. The van der Waals surface area contributed by atoms with E-state index in [0.29, 0.717) is 23.4 Å². The number of nitrogens with zero attached hydrogens (tertiary/aromatic N) is 4. The summed E-state index contributed by atoms with van der Waals surface area (Å²) in [5, 5.41) is 4.32. The molecule has 114 valence electrons. The summed E-state index contributed by atoms with van der Waals surface area (Å²) in [7, 11) is 4.21. The molecule has 2 rings (SSSR count). The molecule has 2 heterocycles. The third-order valence-corrected chi connectivity index (χ3v) is 3.50. The summed E-state index contributed by atoms with van der Waals surface area (Å²) in [6, 6.07) is 4.14. The van der Waals surface area contributed by atoms with Gasteiger partial charge in [-0.1, -0.05) is 13.8 Å². The molecule has 0 aromatic carbocycles. The summed E-state index contributed by atoms with van der Waals surface area (Å²) in [5.41, 5.74) is 6.32. The Labute approximate surface area is 125 Å². The quantitative estimate of drug-likeness (QED) is 0.846. The molecule has 1 atom stereocenters. The van der Waals surface area contributed by atoms with Crippen LogP contribution in [-0.4, -0.2) is 46.5 Å². The van der Waals surface area contributed by atoms with E-state index in [1.54, 1.807) is 6.07 Å². The van der Waals surface area contributed by atoms with Crippen LogP contribution in [0.25, 0.3) is 11.0 Å². The number of anilines is 2. The minimum absolute atomic E-state index is 0.455. The second kappa shape index (κ2) is 6.67. The fourth-order valence-corrected chi connectivity index (χ4v) is 2.33. The van der Waals surface area contributed by atoms with Gasteiger partial charge < -0.3 is 16.0 Å². The van der Waals surface area contributed by atoms with Gasteiger partial charge in [0.25, 0.3) is 0 Å². The molecule has 0 aliphatic rings. The van der Waals surface area contributed by atoms with Crippen LogP contribution in [0.2, 0.25) is 0 Å². The van der Waals surface area contributed by atoms with Gasteiger partial charge in [0.1, 0.15) is 18.0 Å². The third kappa shape index (κ3) is 4.01.